The fourth-order valence-electron chi connectivity index (χ4n) is 3.52. The summed E-state index contributed by atoms with van der Waals surface area (Å²) < 4.78 is 9.19. The van der Waals surface area contributed by atoms with Crippen LogP contribution in [0.2, 0.25) is 0 Å². The van der Waals surface area contributed by atoms with Gasteiger partial charge in [-0.2, -0.15) is 10.2 Å². The molecule has 4 rings (SSSR count). The maximum absolute atomic E-state index is 10.7. The molecule has 0 unspecified atom stereocenters. The Kier molecular flexibility index (Phi) is 4.84. The van der Waals surface area contributed by atoms with Crippen LogP contribution in [0.4, 0.5) is 0 Å². The van der Waals surface area contributed by atoms with Gasteiger partial charge in [0.2, 0.25) is 0 Å². The monoisotopic (exact) mass is 370 g/mol. The van der Waals surface area contributed by atoms with E-state index in [1.54, 1.807) is 10.9 Å². The van der Waals surface area contributed by atoms with E-state index in [-0.39, 0.29) is 0 Å². The van der Waals surface area contributed by atoms with Crippen LogP contribution in [0.15, 0.2) is 28.9 Å². The number of nitrogens with zero attached hydrogens (tertiary/aromatic N) is 6. The van der Waals surface area contributed by atoms with Crippen LogP contribution in [0.1, 0.15) is 60.8 Å². The van der Waals surface area contributed by atoms with Crippen LogP contribution in [-0.4, -0.2) is 41.3 Å². The zero-order valence-electron chi connectivity index (χ0n) is 16.0. The molecule has 0 aromatic carbocycles. The van der Waals surface area contributed by atoms with E-state index < -0.39 is 6.10 Å². The fraction of sp³-hybridized carbons (Fsp3) is 0.526. The zero-order valence-corrected chi connectivity index (χ0v) is 16.0. The third-order valence-electron chi connectivity index (χ3n) is 5.08. The first-order valence-electron chi connectivity index (χ1n) is 9.41. The molecule has 1 aliphatic rings. The maximum atomic E-state index is 10.7. The Labute approximate surface area is 158 Å². The third-order valence-corrected chi connectivity index (χ3v) is 5.08. The van der Waals surface area contributed by atoms with Gasteiger partial charge in [-0.15, -0.1) is 0 Å². The molecule has 0 bridgehead atoms. The molecule has 1 aliphatic heterocycles. The van der Waals surface area contributed by atoms with Crippen molar-refractivity contribution in [1.29, 1.82) is 0 Å². The number of rotatable bonds is 5. The molecule has 0 spiro atoms. The van der Waals surface area contributed by atoms with E-state index in [0.717, 1.165) is 55.4 Å². The molecular weight excluding hydrogens is 344 g/mol. The van der Waals surface area contributed by atoms with Crippen LogP contribution in [0, 0.1) is 0 Å². The van der Waals surface area contributed by atoms with E-state index >= 15 is 0 Å². The van der Waals surface area contributed by atoms with Crippen LogP contribution in [-0.2, 0) is 26.7 Å². The van der Waals surface area contributed by atoms with Gasteiger partial charge in [-0.3, -0.25) is 14.3 Å². The highest BCUT2D eigenvalue weighted by Gasteiger charge is 2.23. The lowest BCUT2D eigenvalue weighted by atomic mass is 10.1. The summed E-state index contributed by atoms with van der Waals surface area (Å²) in [6, 6.07) is 5.86. The van der Waals surface area contributed by atoms with Crippen molar-refractivity contribution in [3.05, 3.63) is 52.9 Å². The van der Waals surface area contributed by atoms with E-state index in [2.05, 4.69) is 34.1 Å². The molecule has 0 radical (unpaired) electrons. The number of hydrogen-bond donors (Lipinski definition) is 1. The summed E-state index contributed by atoms with van der Waals surface area (Å²) in [4.78, 5) is 2.34. The average molecular weight is 370 g/mol. The quantitative estimate of drug-likeness (QED) is 0.741. The Hall–Kier alpha value is -2.45. The van der Waals surface area contributed by atoms with Gasteiger partial charge < -0.3 is 9.63 Å². The lowest BCUT2D eigenvalue weighted by Crippen LogP contribution is -2.22. The molecule has 8 nitrogen and oxygen atoms in total. The van der Waals surface area contributed by atoms with Gasteiger partial charge in [0.25, 0.3) is 0 Å². The number of aliphatic hydroxyl groups excluding tert-OH is 1. The molecule has 1 N–H and O–H groups in total. The molecule has 8 heteroatoms. The normalized spacial score (nSPS) is 16.5. The third kappa shape index (κ3) is 3.68. The van der Waals surface area contributed by atoms with Crippen molar-refractivity contribution in [2.24, 2.45) is 7.05 Å². The molecular formula is C19H26N6O2. The first kappa shape index (κ1) is 17.9. The maximum Gasteiger partial charge on any atom is 0.150 e. The van der Waals surface area contributed by atoms with Gasteiger partial charge in [-0.25, -0.2) is 0 Å². The van der Waals surface area contributed by atoms with E-state index in [4.69, 9.17) is 4.52 Å². The summed E-state index contributed by atoms with van der Waals surface area (Å²) in [5.74, 6) is 1.26. The molecule has 3 aromatic heterocycles. The second kappa shape index (κ2) is 7.28. The van der Waals surface area contributed by atoms with Crippen molar-refractivity contribution >= 4 is 0 Å². The first-order valence-corrected chi connectivity index (χ1v) is 9.41. The molecule has 0 saturated heterocycles. The predicted octanol–water partition coefficient (Wildman–Crippen LogP) is 2.22. The van der Waals surface area contributed by atoms with E-state index in [0.29, 0.717) is 11.6 Å². The lowest BCUT2D eigenvalue weighted by molar-refractivity contribution is 0.203. The predicted molar refractivity (Wildman–Crippen MR) is 98.8 cm³/mol. The summed E-state index contributed by atoms with van der Waals surface area (Å²) >= 11 is 0. The summed E-state index contributed by atoms with van der Waals surface area (Å²) in [7, 11) is 1.82. The molecule has 27 heavy (non-hydrogen) atoms. The second-order valence-electron chi connectivity index (χ2n) is 7.50. The van der Waals surface area contributed by atoms with Crippen LogP contribution in [0.3, 0.4) is 0 Å². The number of hydrogen-bond acceptors (Lipinski definition) is 6. The van der Waals surface area contributed by atoms with Crippen molar-refractivity contribution in [2.75, 3.05) is 6.54 Å². The topological polar surface area (TPSA) is 85.1 Å². The molecule has 0 fully saturated rings. The minimum Gasteiger partial charge on any atom is -0.380 e. The standard InChI is InChI=1S/C19H26N6O2/c1-13(2)16-10-15(27-22-16)12-24-7-4-8-25-14(11-24)9-17(21-25)19(26)18-5-6-20-23(18)3/h5-6,9-10,13,19,26H,4,7-8,11-12H2,1-3H3/t19-/m1/s1. The van der Waals surface area contributed by atoms with Gasteiger partial charge in [0.1, 0.15) is 6.10 Å². The molecule has 0 aliphatic carbocycles. The van der Waals surface area contributed by atoms with Gasteiger partial charge in [-0.05, 0) is 24.5 Å². The average Bonchev–Trinajstić information content (AvgIpc) is 3.33. The highest BCUT2D eigenvalue weighted by molar-refractivity contribution is 5.22. The van der Waals surface area contributed by atoms with E-state index in [1.807, 2.05) is 29.9 Å². The Bertz CT molecular complexity index is 909. The highest BCUT2D eigenvalue weighted by atomic mass is 16.5. The van der Waals surface area contributed by atoms with Gasteiger partial charge in [0, 0.05) is 38.9 Å². The largest absolute Gasteiger partial charge is 0.380 e. The molecule has 144 valence electrons. The molecule has 3 aromatic rings. The Morgan fingerprint density at radius 3 is 2.78 bits per heavy atom. The van der Waals surface area contributed by atoms with E-state index in [9.17, 15) is 5.11 Å². The molecule has 0 saturated carbocycles. The smallest absolute Gasteiger partial charge is 0.150 e. The Morgan fingerprint density at radius 2 is 2.07 bits per heavy atom. The van der Waals surface area contributed by atoms with Gasteiger partial charge in [0.15, 0.2) is 5.76 Å². The number of aliphatic hydroxyl groups is 1. The SMILES string of the molecule is CC(C)c1cc(CN2CCCn3nc([C@@H](O)c4ccnn4C)cc3C2)on1. The van der Waals surface area contributed by atoms with Crippen LogP contribution in [0.5, 0.6) is 0 Å². The Morgan fingerprint density at radius 1 is 1.22 bits per heavy atom. The van der Waals surface area contributed by atoms with Crippen LogP contribution >= 0.6 is 0 Å². The fourth-order valence-corrected chi connectivity index (χ4v) is 3.52. The first-order chi connectivity index (χ1) is 13.0. The summed E-state index contributed by atoms with van der Waals surface area (Å²) in [5.41, 5.74) is 3.50. The number of fused-ring (bicyclic) bond motifs is 1. The van der Waals surface area contributed by atoms with Crippen molar-refractivity contribution in [3.8, 4) is 0 Å². The van der Waals surface area contributed by atoms with Gasteiger partial charge >= 0.3 is 0 Å². The van der Waals surface area contributed by atoms with E-state index in [1.165, 1.54) is 0 Å². The number of aromatic nitrogens is 5. The van der Waals surface area contributed by atoms with Crippen molar-refractivity contribution in [2.45, 2.75) is 51.9 Å². The molecule has 1 atom stereocenters. The van der Waals surface area contributed by atoms with Crippen molar-refractivity contribution < 1.29 is 9.63 Å². The summed E-state index contributed by atoms with van der Waals surface area (Å²) in [5, 5.41) is 23.6. The van der Waals surface area contributed by atoms with Crippen molar-refractivity contribution in [3.63, 3.8) is 0 Å². The second-order valence-corrected chi connectivity index (χ2v) is 7.50. The van der Waals surface area contributed by atoms with Crippen LogP contribution < -0.4 is 0 Å². The van der Waals surface area contributed by atoms with Gasteiger partial charge in [-0.1, -0.05) is 19.0 Å². The Balaban J connectivity index is 1.50. The lowest BCUT2D eigenvalue weighted by Gasteiger charge is -2.17. The summed E-state index contributed by atoms with van der Waals surface area (Å²) in [6.45, 7) is 7.54. The van der Waals surface area contributed by atoms with Crippen molar-refractivity contribution in [1.82, 2.24) is 29.6 Å². The zero-order chi connectivity index (χ0) is 19.0. The minimum absolute atomic E-state index is 0.365. The molecule has 4 heterocycles. The van der Waals surface area contributed by atoms with Gasteiger partial charge in [0.05, 0.1) is 29.3 Å². The number of aryl methyl sites for hydroxylation is 2. The van der Waals surface area contributed by atoms with Crippen LogP contribution in [0.25, 0.3) is 0 Å². The highest BCUT2D eigenvalue weighted by Crippen LogP contribution is 2.24. The molecule has 0 amide bonds. The minimum atomic E-state index is -0.770. The summed E-state index contributed by atoms with van der Waals surface area (Å²) in [6.07, 6.45) is 1.92.